The van der Waals surface area contributed by atoms with E-state index in [2.05, 4.69) is 25.9 Å². The van der Waals surface area contributed by atoms with Crippen molar-refractivity contribution in [3.63, 3.8) is 0 Å². The number of rotatable bonds is 2. The summed E-state index contributed by atoms with van der Waals surface area (Å²) in [7, 11) is 0. The fraction of sp³-hybridized carbons (Fsp3) is 0.769. The van der Waals surface area contributed by atoms with Gasteiger partial charge in [0.25, 0.3) is 0 Å². The predicted octanol–water partition coefficient (Wildman–Crippen LogP) is 3.75. The van der Waals surface area contributed by atoms with Gasteiger partial charge in [0.15, 0.2) is 0 Å². The zero-order chi connectivity index (χ0) is 12.6. The summed E-state index contributed by atoms with van der Waals surface area (Å²) in [5.41, 5.74) is 6.01. The molecule has 17 heavy (non-hydrogen) atoms. The fourth-order valence-corrected chi connectivity index (χ4v) is 3.18. The molecule has 3 nitrogen and oxygen atoms in total. The third-order valence-corrected chi connectivity index (χ3v) is 4.38. The van der Waals surface area contributed by atoms with Gasteiger partial charge in [-0.3, -0.25) is 0 Å². The second kappa shape index (κ2) is 4.89. The van der Waals surface area contributed by atoms with Crippen molar-refractivity contribution in [2.75, 3.05) is 5.73 Å². The second-order valence-electron chi connectivity index (χ2n) is 5.72. The number of nitrogen functional groups attached to an aromatic ring is 1. The average molecular weight is 256 g/mol. The van der Waals surface area contributed by atoms with Crippen LogP contribution in [0.1, 0.15) is 46.1 Å². The van der Waals surface area contributed by atoms with Crippen LogP contribution in [0.15, 0.2) is 6.20 Å². The van der Waals surface area contributed by atoms with Gasteiger partial charge in [-0.25, -0.2) is 4.68 Å². The van der Waals surface area contributed by atoms with Crippen LogP contribution in [0, 0.1) is 17.8 Å². The smallest absolute Gasteiger partial charge is 0.140 e. The van der Waals surface area contributed by atoms with Gasteiger partial charge in [0, 0.05) is 0 Å². The van der Waals surface area contributed by atoms with E-state index in [9.17, 15) is 0 Å². The van der Waals surface area contributed by atoms with Crippen LogP contribution in [0.25, 0.3) is 0 Å². The molecule has 3 atom stereocenters. The lowest BCUT2D eigenvalue weighted by molar-refractivity contribution is 0.141. The monoisotopic (exact) mass is 255 g/mol. The Hall–Kier alpha value is -0.700. The van der Waals surface area contributed by atoms with E-state index in [-0.39, 0.29) is 0 Å². The lowest BCUT2D eigenvalue weighted by Gasteiger charge is -2.37. The van der Waals surface area contributed by atoms with Crippen LogP contribution in [0.3, 0.4) is 0 Å². The standard InChI is InChI=1S/C13H22ClN3/c1-8(2)10-5-4-9(3)6-12(10)17-13(15)11(14)7-16-17/h7-10,12H,4-6,15H2,1-3H3. The molecule has 1 heterocycles. The Morgan fingerprint density at radius 1 is 1.47 bits per heavy atom. The molecule has 2 rings (SSSR count). The minimum atomic E-state index is 0.409. The fourth-order valence-electron chi connectivity index (χ4n) is 3.05. The molecule has 0 amide bonds. The molecule has 96 valence electrons. The molecule has 1 aromatic heterocycles. The molecular weight excluding hydrogens is 234 g/mol. The molecule has 3 unspecified atom stereocenters. The molecule has 0 aromatic carbocycles. The number of hydrogen-bond donors (Lipinski definition) is 1. The van der Waals surface area contributed by atoms with Gasteiger partial charge in [0.2, 0.25) is 0 Å². The molecule has 0 bridgehead atoms. The quantitative estimate of drug-likeness (QED) is 0.875. The van der Waals surface area contributed by atoms with Crippen LogP contribution < -0.4 is 5.73 Å². The largest absolute Gasteiger partial charge is 0.383 e. The van der Waals surface area contributed by atoms with Crippen LogP contribution in [0.5, 0.6) is 0 Å². The minimum absolute atomic E-state index is 0.409. The predicted molar refractivity (Wildman–Crippen MR) is 72.0 cm³/mol. The van der Waals surface area contributed by atoms with Crippen molar-refractivity contribution >= 4 is 17.4 Å². The second-order valence-corrected chi connectivity index (χ2v) is 6.12. The molecule has 1 aliphatic rings. The van der Waals surface area contributed by atoms with Crippen molar-refractivity contribution in [3.05, 3.63) is 11.2 Å². The lowest BCUT2D eigenvalue weighted by Crippen LogP contribution is -2.31. The summed E-state index contributed by atoms with van der Waals surface area (Å²) in [6, 6.07) is 0.409. The van der Waals surface area contributed by atoms with E-state index >= 15 is 0 Å². The van der Waals surface area contributed by atoms with Gasteiger partial charge in [0.1, 0.15) is 10.8 Å². The molecule has 0 radical (unpaired) electrons. The summed E-state index contributed by atoms with van der Waals surface area (Å²) < 4.78 is 1.95. The normalized spacial score (nSPS) is 29.8. The zero-order valence-electron chi connectivity index (χ0n) is 10.9. The van der Waals surface area contributed by atoms with Crippen LogP contribution in [-0.4, -0.2) is 9.78 Å². The van der Waals surface area contributed by atoms with Crippen molar-refractivity contribution in [3.8, 4) is 0 Å². The molecule has 2 N–H and O–H groups in total. The molecule has 1 aromatic rings. The first-order valence-corrected chi connectivity index (χ1v) is 6.87. The van der Waals surface area contributed by atoms with Crippen molar-refractivity contribution < 1.29 is 0 Å². The Morgan fingerprint density at radius 2 is 2.18 bits per heavy atom. The van der Waals surface area contributed by atoms with Crippen molar-refractivity contribution in [1.29, 1.82) is 0 Å². The van der Waals surface area contributed by atoms with Crippen LogP contribution in [0.2, 0.25) is 5.02 Å². The number of aromatic nitrogens is 2. The zero-order valence-corrected chi connectivity index (χ0v) is 11.6. The number of hydrogen-bond acceptors (Lipinski definition) is 2. The molecule has 1 aliphatic carbocycles. The highest BCUT2D eigenvalue weighted by Gasteiger charge is 2.33. The van der Waals surface area contributed by atoms with Crippen LogP contribution in [-0.2, 0) is 0 Å². The maximum absolute atomic E-state index is 6.01. The Labute approximate surface area is 108 Å². The Kier molecular flexibility index (Phi) is 3.67. The molecule has 1 saturated carbocycles. The number of nitrogens with zero attached hydrogens (tertiary/aromatic N) is 2. The summed E-state index contributed by atoms with van der Waals surface area (Å²) in [6.45, 7) is 6.88. The Morgan fingerprint density at radius 3 is 2.71 bits per heavy atom. The van der Waals surface area contributed by atoms with Crippen molar-refractivity contribution in [2.45, 2.75) is 46.1 Å². The van der Waals surface area contributed by atoms with E-state index in [1.165, 1.54) is 12.8 Å². The first-order valence-electron chi connectivity index (χ1n) is 6.49. The molecule has 1 fully saturated rings. The highest BCUT2D eigenvalue weighted by molar-refractivity contribution is 6.32. The number of nitrogens with two attached hydrogens (primary N) is 1. The molecule has 0 saturated heterocycles. The molecule has 0 aliphatic heterocycles. The van der Waals surface area contributed by atoms with Gasteiger partial charge in [-0.15, -0.1) is 0 Å². The number of halogens is 1. The van der Waals surface area contributed by atoms with E-state index in [0.717, 1.165) is 12.3 Å². The molecule has 4 heteroatoms. The van der Waals surface area contributed by atoms with Gasteiger partial charge in [-0.2, -0.15) is 5.10 Å². The van der Waals surface area contributed by atoms with Crippen molar-refractivity contribution in [2.24, 2.45) is 17.8 Å². The van der Waals surface area contributed by atoms with E-state index in [1.54, 1.807) is 6.20 Å². The topological polar surface area (TPSA) is 43.8 Å². The summed E-state index contributed by atoms with van der Waals surface area (Å²) in [5.74, 6) is 2.69. The average Bonchev–Trinajstić information content (AvgIpc) is 2.59. The van der Waals surface area contributed by atoms with Gasteiger partial charge in [0.05, 0.1) is 12.2 Å². The highest BCUT2D eigenvalue weighted by Crippen LogP contribution is 2.42. The first kappa shape index (κ1) is 12.7. The first-order chi connectivity index (χ1) is 8.00. The third-order valence-electron chi connectivity index (χ3n) is 4.09. The number of anilines is 1. The van der Waals surface area contributed by atoms with Crippen molar-refractivity contribution in [1.82, 2.24) is 9.78 Å². The maximum atomic E-state index is 6.01. The Balaban J connectivity index is 2.29. The van der Waals surface area contributed by atoms with Crippen LogP contribution >= 0.6 is 11.6 Å². The third kappa shape index (κ3) is 2.44. The minimum Gasteiger partial charge on any atom is -0.383 e. The summed E-state index contributed by atoms with van der Waals surface area (Å²) >= 11 is 6.00. The summed E-state index contributed by atoms with van der Waals surface area (Å²) in [6.07, 6.45) is 5.40. The lowest BCUT2D eigenvalue weighted by atomic mass is 9.74. The van der Waals surface area contributed by atoms with E-state index in [4.69, 9.17) is 17.3 Å². The highest BCUT2D eigenvalue weighted by atomic mass is 35.5. The van der Waals surface area contributed by atoms with E-state index in [0.29, 0.717) is 28.7 Å². The van der Waals surface area contributed by atoms with Gasteiger partial charge >= 0.3 is 0 Å². The van der Waals surface area contributed by atoms with Gasteiger partial charge in [-0.1, -0.05) is 38.8 Å². The van der Waals surface area contributed by atoms with E-state index < -0.39 is 0 Å². The summed E-state index contributed by atoms with van der Waals surface area (Å²) in [5, 5.41) is 4.94. The summed E-state index contributed by atoms with van der Waals surface area (Å²) in [4.78, 5) is 0. The molecular formula is C13H22ClN3. The van der Waals surface area contributed by atoms with Gasteiger partial charge < -0.3 is 5.73 Å². The molecule has 0 spiro atoms. The maximum Gasteiger partial charge on any atom is 0.140 e. The van der Waals surface area contributed by atoms with Gasteiger partial charge in [-0.05, 0) is 30.6 Å². The Bertz CT molecular complexity index is 386. The van der Waals surface area contributed by atoms with E-state index in [1.807, 2.05) is 4.68 Å². The SMILES string of the molecule is CC1CCC(C(C)C)C(n2ncc(Cl)c2N)C1. The van der Waals surface area contributed by atoms with Crippen LogP contribution in [0.4, 0.5) is 5.82 Å².